The van der Waals surface area contributed by atoms with Crippen molar-refractivity contribution < 1.29 is 13.6 Å². The van der Waals surface area contributed by atoms with Crippen molar-refractivity contribution in [3.63, 3.8) is 0 Å². The molecule has 4 aromatic heterocycles. The van der Waals surface area contributed by atoms with Crippen LogP contribution in [0.3, 0.4) is 0 Å². The monoisotopic (exact) mass is 448 g/mol. The number of furan rings is 2. The predicted octanol–water partition coefficient (Wildman–Crippen LogP) is 3.75. The Kier molecular flexibility index (Phi) is 4.36. The van der Waals surface area contributed by atoms with E-state index in [2.05, 4.69) is 15.1 Å². The van der Waals surface area contributed by atoms with Crippen LogP contribution in [0.25, 0.3) is 28.1 Å². The number of halogens is 1. The van der Waals surface area contributed by atoms with E-state index in [1.165, 1.54) is 12.5 Å². The van der Waals surface area contributed by atoms with E-state index in [0.717, 1.165) is 10.9 Å². The third kappa shape index (κ3) is 3.01. The first kappa shape index (κ1) is 18.9. The summed E-state index contributed by atoms with van der Waals surface area (Å²) in [5, 5.41) is 10.3. The summed E-state index contributed by atoms with van der Waals surface area (Å²) in [5.41, 5.74) is 1.96. The molecule has 0 atom stereocenters. The summed E-state index contributed by atoms with van der Waals surface area (Å²) in [6, 6.07) is 10.9. The molecule has 1 amide bonds. The molecule has 32 heavy (non-hydrogen) atoms. The van der Waals surface area contributed by atoms with Gasteiger partial charge in [0, 0.05) is 36.6 Å². The van der Waals surface area contributed by atoms with Gasteiger partial charge in [-0.05, 0) is 36.4 Å². The molecular formula is C22H17ClN6O3. The number of piperazine rings is 1. The minimum Gasteiger partial charge on any atom is -0.472 e. The fourth-order valence-corrected chi connectivity index (χ4v) is 4.21. The van der Waals surface area contributed by atoms with Gasteiger partial charge in [-0.15, -0.1) is 10.2 Å². The van der Waals surface area contributed by atoms with Gasteiger partial charge in [-0.3, -0.25) is 4.79 Å². The highest BCUT2D eigenvalue weighted by atomic mass is 35.5. The zero-order chi connectivity index (χ0) is 21.7. The van der Waals surface area contributed by atoms with Gasteiger partial charge in [-0.2, -0.15) is 0 Å². The number of hydrogen-bond acceptors (Lipinski definition) is 7. The van der Waals surface area contributed by atoms with Gasteiger partial charge in [-0.25, -0.2) is 9.38 Å². The lowest BCUT2D eigenvalue weighted by molar-refractivity contribution is 0.0745. The molecule has 5 heterocycles. The van der Waals surface area contributed by atoms with Crippen LogP contribution < -0.4 is 4.90 Å². The Morgan fingerprint density at radius 2 is 1.91 bits per heavy atom. The number of anilines is 1. The van der Waals surface area contributed by atoms with Crippen LogP contribution in [0.5, 0.6) is 0 Å². The number of nitrogens with zero attached hydrogens (tertiary/aromatic N) is 6. The fraction of sp³-hybridized carbons (Fsp3) is 0.182. The van der Waals surface area contributed by atoms with Gasteiger partial charge in [0.1, 0.15) is 6.26 Å². The maximum Gasteiger partial charge on any atom is 0.257 e. The van der Waals surface area contributed by atoms with Gasteiger partial charge in [0.2, 0.25) is 11.8 Å². The first-order valence-corrected chi connectivity index (χ1v) is 10.5. The van der Waals surface area contributed by atoms with Gasteiger partial charge in [-0.1, -0.05) is 11.6 Å². The van der Waals surface area contributed by atoms with Crippen molar-refractivity contribution in [3.05, 3.63) is 65.8 Å². The van der Waals surface area contributed by atoms with Crippen molar-refractivity contribution in [2.75, 3.05) is 31.1 Å². The topological polar surface area (TPSA) is 92.9 Å². The molecule has 0 N–H and O–H groups in total. The number of carbonyl (C=O) groups excluding carboxylic acids is 1. The Bertz CT molecular complexity index is 1420. The molecular weight excluding hydrogens is 432 g/mol. The van der Waals surface area contributed by atoms with Crippen LogP contribution >= 0.6 is 11.6 Å². The van der Waals surface area contributed by atoms with Gasteiger partial charge in [0.05, 0.1) is 23.6 Å². The van der Waals surface area contributed by atoms with E-state index < -0.39 is 0 Å². The second-order valence-corrected chi connectivity index (χ2v) is 7.96. The summed E-state index contributed by atoms with van der Waals surface area (Å²) >= 11 is 6.23. The van der Waals surface area contributed by atoms with Crippen LogP contribution in [-0.2, 0) is 0 Å². The van der Waals surface area contributed by atoms with Crippen molar-refractivity contribution in [1.82, 2.24) is 24.5 Å². The number of rotatable bonds is 3. The molecule has 5 aromatic rings. The highest BCUT2D eigenvalue weighted by Crippen LogP contribution is 2.30. The molecule has 0 aliphatic carbocycles. The van der Waals surface area contributed by atoms with Gasteiger partial charge in [0.25, 0.3) is 5.91 Å². The number of benzene rings is 1. The van der Waals surface area contributed by atoms with E-state index in [9.17, 15) is 4.79 Å². The van der Waals surface area contributed by atoms with E-state index in [1.807, 2.05) is 39.6 Å². The molecule has 1 aliphatic heterocycles. The average Bonchev–Trinajstić information content (AvgIpc) is 3.59. The number of carbonyl (C=O) groups is 1. The maximum absolute atomic E-state index is 12.7. The molecule has 1 saturated heterocycles. The highest BCUT2D eigenvalue weighted by molar-refractivity contribution is 6.31. The largest absolute Gasteiger partial charge is 0.472 e. The van der Waals surface area contributed by atoms with Crippen LogP contribution in [0.1, 0.15) is 10.4 Å². The average molecular weight is 449 g/mol. The zero-order valence-electron chi connectivity index (χ0n) is 16.8. The van der Waals surface area contributed by atoms with Gasteiger partial charge in [0.15, 0.2) is 11.4 Å². The molecule has 1 aliphatic rings. The quantitative estimate of drug-likeness (QED) is 0.415. The number of aromatic nitrogens is 4. The Labute approximate surface area is 186 Å². The fourth-order valence-electron chi connectivity index (χ4n) is 4.05. The standard InChI is InChI=1S/C22H17ClN6O3/c23-15-3-4-16-17(12-15)24-22(29-19(16)25-26-20(29)18-2-1-10-32-18)28-8-6-27(7-9-28)21(30)14-5-11-31-13-14/h1-5,10-13H,6-9H2. The van der Waals surface area contributed by atoms with Crippen molar-refractivity contribution in [2.24, 2.45) is 0 Å². The minimum absolute atomic E-state index is 0.0395. The Morgan fingerprint density at radius 1 is 1.03 bits per heavy atom. The molecule has 0 spiro atoms. The van der Waals surface area contributed by atoms with Crippen molar-refractivity contribution in [3.8, 4) is 11.6 Å². The zero-order valence-corrected chi connectivity index (χ0v) is 17.6. The normalized spacial score (nSPS) is 14.5. The lowest BCUT2D eigenvalue weighted by Gasteiger charge is -2.35. The molecule has 0 unspecified atom stereocenters. The molecule has 160 valence electrons. The maximum atomic E-state index is 12.7. The molecule has 9 nitrogen and oxygen atoms in total. The van der Waals surface area contributed by atoms with E-state index in [4.69, 9.17) is 25.4 Å². The van der Waals surface area contributed by atoms with E-state index in [1.54, 1.807) is 12.3 Å². The highest BCUT2D eigenvalue weighted by Gasteiger charge is 2.27. The van der Waals surface area contributed by atoms with E-state index in [0.29, 0.717) is 59.9 Å². The van der Waals surface area contributed by atoms with Gasteiger partial charge < -0.3 is 18.6 Å². The van der Waals surface area contributed by atoms with Crippen molar-refractivity contribution in [1.29, 1.82) is 0 Å². The molecule has 1 fully saturated rings. The number of fused-ring (bicyclic) bond motifs is 3. The summed E-state index contributed by atoms with van der Waals surface area (Å²) in [7, 11) is 0. The molecule has 6 rings (SSSR count). The lowest BCUT2D eigenvalue weighted by atomic mass is 10.2. The second kappa shape index (κ2) is 7.38. The summed E-state index contributed by atoms with van der Waals surface area (Å²) in [5.74, 6) is 1.81. The first-order valence-electron chi connectivity index (χ1n) is 10.1. The summed E-state index contributed by atoms with van der Waals surface area (Å²) in [6.45, 7) is 2.32. The summed E-state index contributed by atoms with van der Waals surface area (Å²) in [6.07, 6.45) is 4.58. The molecule has 0 radical (unpaired) electrons. The smallest absolute Gasteiger partial charge is 0.257 e. The Hall–Kier alpha value is -3.85. The third-order valence-electron chi connectivity index (χ3n) is 5.64. The van der Waals surface area contributed by atoms with Crippen molar-refractivity contribution in [2.45, 2.75) is 0 Å². The van der Waals surface area contributed by atoms with E-state index in [-0.39, 0.29) is 5.91 Å². The summed E-state index contributed by atoms with van der Waals surface area (Å²) in [4.78, 5) is 21.5. The lowest BCUT2D eigenvalue weighted by Crippen LogP contribution is -2.49. The van der Waals surface area contributed by atoms with Crippen LogP contribution in [0, 0.1) is 0 Å². The molecule has 1 aromatic carbocycles. The van der Waals surface area contributed by atoms with E-state index >= 15 is 0 Å². The van der Waals surface area contributed by atoms with Crippen LogP contribution in [-0.4, -0.2) is 56.6 Å². The van der Waals surface area contributed by atoms with Crippen LogP contribution in [0.4, 0.5) is 5.95 Å². The Morgan fingerprint density at radius 3 is 2.66 bits per heavy atom. The van der Waals surface area contributed by atoms with Crippen LogP contribution in [0.2, 0.25) is 5.02 Å². The number of hydrogen-bond donors (Lipinski definition) is 0. The SMILES string of the molecule is O=C(c1ccoc1)N1CCN(c2nc3cc(Cl)ccc3c3nnc(-c4ccco4)n23)CC1. The third-order valence-corrected chi connectivity index (χ3v) is 5.88. The minimum atomic E-state index is -0.0395. The molecule has 0 bridgehead atoms. The predicted molar refractivity (Wildman–Crippen MR) is 118 cm³/mol. The molecule has 10 heteroatoms. The van der Waals surface area contributed by atoms with Crippen LogP contribution in [0.15, 0.2) is 64.0 Å². The second-order valence-electron chi connectivity index (χ2n) is 7.52. The van der Waals surface area contributed by atoms with Gasteiger partial charge >= 0.3 is 0 Å². The number of amides is 1. The van der Waals surface area contributed by atoms with Crippen molar-refractivity contribution >= 4 is 40.0 Å². The first-order chi connectivity index (χ1) is 15.7. The molecule has 0 saturated carbocycles. The Balaban J connectivity index is 1.42. The summed E-state index contributed by atoms with van der Waals surface area (Å²) < 4.78 is 12.6.